The molecular weight excluding hydrogens is 334 g/mol. The summed E-state index contributed by atoms with van der Waals surface area (Å²) in [7, 11) is 0. The minimum absolute atomic E-state index is 0.817. The number of aromatic nitrogens is 2. The van der Waals surface area contributed by atoms with Crippen molar-refractivity contribution in [2.24, 2.45) is 0 Å². The summed E-state index contributed by atoms with van der Waals surface area (Å²) >= 11 is 5.44. The average Bonchev–Trinajstić information content (AvgIpc) is 2.90. The number of anilines is 1. The summed E-state index contributed by atoms with van der Waals surface area (Å²) in [5, 5.41) is 3.37. The van der Waals surface area contributed by atoms with Crippen LogP contribution in [0.5, 0.6) is 0 Å². The van der Waals surface area contributed by atoms with E-state index in [9.17, 15) is 0 Å². The van der Waals surface area contributed by atoms with Crippen LogP contribution in [0.1, 0.15) is 23.7 Å². The number of nitrogens with one attached hydrogen (secondary N) is 1. The van der Waals surface area contributed by atoms with E-state index in [4.69, 9.17) is 9.97 Å². The number of thioether (sulfide) groups is 1. The molecule has 0 unspecified atom stereocenters. The molecule has 1 N–H and O–H groups in total. The number of fused-ring (bicyclic) bond motifs is 1. The van der Waals surface area contributed by atoms with Crippen LogP contribution in [0.4, 0.5) is 5.82 Å². The maximum Gasteiger partial charge on any atom is 0.161 e. The van der Waals surface area contributed by atoms with E-state index in [1.54, 1.807) is 0 Å². The lowest BCUT2D eigenvalue weighted by molar-refractivity contribution is 1.05. The zero-order valence-electron chi connectivity index (χ0n) is 11.5. The second-order valence-corrected chi connectivity index (χ2v) is 6.65. The Morgan fingerprint density at radius 2 is 2.15 bits per heavy atom. The maximum absolute atomic E-state index is 4.75. The summed E-state index contributed by atoms with van der Waals surface area (Å²) in [5.41, 5.74) is 4.72. The second kappa shape index (κ2) is 5.74. The normalized spacial score (nSPS) is 13.3. The Morgan fingerprint density at radius 1 is 1.30 bits per heavy atom. The fourth-order valence-corrected chi connectivity index (χ4v) is 3.57. The van der Waals surface area contributed by atoms with Crippen molar-refractivity contribution in [1.82, 2.24) is 9.97 Å². The third-order valence-corrected chi connectivity index (χ3v) is 5.20. The molecule has 1 aromatic heterocycles. The standard InChI is InChI=1S/C15H16BrN3S/c1-3-17-15-11-7-20-8-13(11)18-14(19-15)10-4-5-12(16)9(2)6-10/h4-6H,3,7-8H2,1-2H3,(H,17,18,19). The van der Waals surface area contributed by atoms with Crippen LogP contribution in [-0.2, 0) is 11.5 Å². The van der Waals surface area contributed by atoms with E-state index in [-0.39, 0.29) is 0 Å². The minimum atomic E-state index is 0.817. The highest BCUT2D eigenvalue weighted by atomic mass is 79.9. The number of hydrogen-bond donors (Lipinski definition) is 1. The molecule has 0 bridgehead atoms. The van der Waals surface area contributed by atoms with Gasteiger partial charge < -0.3 is 5.32 Å². The molecule has 0 saturated heterocycles. The van der Waals surface area contributed by atoms with Gasteiger partial charge in [-0.3, -0.25) is 0 Å². The topological polar surface area (TPSA) is 37.8 Å². The van der Waals surface area contributed by atoms with Gasteiger partial charge in [0.2, 0.25) is 0 Å². The van der Waals surface area contributed by atoms with Gasteiger partial charge in [-0.05, 0) is 31.5 Å². The number of aryl methyl sites for hydroxylation is 1. The Hall–Kier alpha value is -1.07. The summed E-state index contributed by atoms with van der Waals surface area (Å²) < 4.78 is 1.12. The average molecular weight is 350 g/mol. The Morgan fingerprint density at radius 3 is 2.90 bits per heavy atom. The fraction of sp³-hybridized carbons (Fsp3) is 0.333. The predicted molar refractivity (Wildman–Crippen MR) is 89.1 cm³/mol. The summed E-state index contributed by atoms with van der Waals surface area (Å²) in [4.78, 5) is 9.47. The van der Waals surface area contributed by atoms with E-state index < -0.39 is 0 Å². The van der Waals surface area contributed by atoms with E-state index in [0.717, 1.165) is 39.7 Å². The van der Waals surface area contributed by atoms with Gasteiger partial charge >= 0.3 is 0 Å². The lowest BCUT2D eigenvalue weighted by atomic mass is 10.1. The van der Waals surface area contributed by atoms with Crippen LogP contribution >= 0.6 is 27.7 Å². The van der Waals surface area contributed by atoms with Gasteiger partial charge in [0.25, 0.3) is 0 Å². The Balaban J connectivity index is 2.09. The number of hydrogen-bond acceptors (Lipinski definition) is 4. The molecule has 5 heteroatoms. The van der Waals surface area contributed by atoms with Gasteiger partial charge in [-0.1, -0.05) is 22.0 Å². The Bertz CT molecular complexity index is 658. The third-order valence-electron chi connectivity index (χ3n) is 3.34. The summed E-state index contributed by atoms with van der Waals surface area (Å²) in [6, 6.07) is 6.25. The molecule has 1 aromatic carbocycles. The highest BCUT2D eigenvalue weighted by Crippen LogP contribution is 2.34. The van der Waals surface area contributed by atoms with Gasteiger partial charge in [-0.15, -0.1) is 0 Å². The molecule has 0 amide bonds. The van der Waals surface area contributed by atoms with Gasteiger partial charge in [0.15, 0.2) is 5.82 Å². The SMILES string of the molecule is CCNc1nc(-c2ccc(Br)c(C)c2)nc2c1CSC2. The molecule has 104 valence electrons. The highest BCUT2D eigenvalue weighted by Gasteiger charge is 2.20. The first-order valence-electron chi connectivity index (χ1n) is 6.67. The first kappa shape index (κ1) is 13.9. The van der Waals surface area contributed by atoms with Gasteiger partial charge in [-0.25, -0.2) is 9.97 Å². The molecule has 2 heterocycles. The first-order valence-corrected chi connectivity index (χ1v) is 8.61. The van der Waals surface area contributed by atoms with Gasteiger partial charge in [0.05, 0.1) is 5.69 Å². The Labute approximate surface area is 131 Å². The summed E-state index contributed by atoms with van der Waals surface area (Å²) in [6.07, 6.45) is 0. The largest absolute Gasteiger partial charge is 0.370 e. The molecule has 0 atom stereocenters. The van der Waals surface area contributed by atoms with Gasteiger partial charge in [0, 0.05) is 33.7 Å². The molecule has 0 spiro atoms. The van der Waals surface area contributed by atoms with Crippen molar-refractivity contribution in [2.45, 2.75) is 25.4 Å². The second-order valence-electron chi connectivity index (χ2n) is 4.81. The van der Waals surface area contributed by atoms with E-state index in [1.165, 1.54) is 16.8 Å². The smallest absolute Gasteiger partial charge is 0.161 e. The zero-order chi connectivity index (χ0) is 14.1. The highest BCUT2D eigenvalue weighted by molar-refractivity contribution is 9.10. The maximum atomic E-state index is 4.75. The molecule has 0 saturated carbocycles. The number of nitrogens with zero attached hydrogens (tertiary/aromatic N) is 2. The van der Waals surface area contributed by atoms with Crippen LogP contribution in [0, 0.1) is 6.92 Å². The first-order chi connectivity index (χ1) is 9.69. The van der Waals surface area contributed by atoms with E-state index in [0.29, 0.717) is 0 Å². The fourth-order valence-electron chi connectivity index (χ4n) is 2.28. The van der Waals surface area contributed by atoms with Crippen LogP contribution in [-0.4, -0.2) is 16.5 Å². The summed E-state index contributed by atoms with van der Waals surface area (Å²) in [5.74, 6) is 3.81. The molecule has 1 aliphatic rings. The van der Waals surface area contributed by atoms with E-state index in [1.807, 2.05) is 11.8 Å². The molecule has 3 nitrogen and oxygen atoms in total. The summed E-state index contributed by atoms with van der Waals surface area (Å²) in [6.45, 7) is 5.06. The molecule has 0 aliphatic carbocycles. The van der Waals surface area contributed by atoms with E-state index >= 15 is 0 Å². The van der Waals surface area contributed by atoms with Crippen LogP contribution in [0.25, 0.3) is 11.4 Å². The quantitative estimate of drug-likeness (QED) is 0.891. The van der Waals surface area contributed by atoms with E-state index in [2.05, 4.69) is 53.3 Å². The van der Waals surface area contributed by atoms with Crippen LogP contribution in [0.15, 0.2) is 22.7 Å². The van der Waals surface area contributed by atoms with Gasteiger partial charge in [-0.2, -0.15) is 11.8 Å². The van der Waals surface area contributed by atoms with Crippen LogP contribution in [0.3, 0.4) is 0 Å². The number of halogens is 1. The molecular formula is C15H16BrN3S. The molecule has 20 heavy (non-hydrogen) atoms. The van der Waals surface area contributed by atoms with Crippen molar-refractivity contribution < 1.29 is 0 Å². The molecule has 1 aliphatic heterocycles. The van der Waals surface area contributed by atoms with Crippen molar-refractivity contribution in [3.05, 3.63) is 39.5 Å². The zero-order valence-corrected chi connectivity index (χ0v) is 13.9. The van der Waals surface area contributed by atoms with Crippen molar-refractivity contribution in [2.75, 3.05) is 11.9 Å². The monoisotopic (exact) mass is 349 g/mol. The van der Waals surface area contributed by atoms with Crippen molar-refractivity contribution in [3.63, 3.8) is 0 Å². The number of benzene rings is 1. The molecule has 3 rings (SSSR count). The lowest BCUT2D eigenvalue weighted by Crippen LogP contribution is -2.06. The molecule has 2 aromatic rings. The minimum Gasteiger partial charge on any atom is -0.370 e. The van der Waals surface area contributed by atoms with Crippen LogP contribution < -0.4 is 5.32 Å². The molecule has 0 fully saturated rings. The Kier molecular flexibility index (Phi) is 3.98. The molecule has 0 radical (unpaired) electrons. The predicted octanol–water partition coefficient (Wildman–Crippen LogP) is 4.39. The van der Waals surface area contributed by atoms with Crippen LogP contribution in [0.2, 0.25) is 0 Å². The lowest BCUT2D eigenvalue weighted by Gasteiger charge is -2.11. The van der Waals surface area contributed by atoms with Crippen molar-refractivity contribution in [3.8, 4) is 11.4 Å². The van der Waals surface area contributed by atoms with Crippen molar-refractivity contribution >= 4 is 33.5 Å². The third kappa shape index (κ3) is 2.56. The number of rotatable bonds is 3. The van der Waals surface area contributed by atoms with Gasteiger partial charge in [0.1, 0.15) is 5.82 Å². The van der Waals surface area contributed by atoms with Crippen molar-refractivity contribution in [1.29, 1.82) is 0 Å².